The average molecular weight is 297 g/mol. The fourth-order valence-electron chi connectivity index (χ4n) is 1.64. The van der Waals surface area contributed by atoms with Crippen LogP contribution in [-0.4, -0.2) is 12.3 Å². The molecule has 0 aliphatic heterocycles. The zero-order valence-electron chi connectivity index (χ0n) is 8.91. The fraction of sp³-hybridized carbons (Fsp3) is 0.333. The molecule has 0 radical (unpaired) electrons. The molecule has 1 unspecified atom stereocenters. The molecule has 2 rings (SSSR count). The maximum absolute atomic E-state index is 13.6. The van der Waals surface area contributed by atoms with E-state index in [1.165, 1.54) is 6.07 Å². The van der Waals surface area contributed by atoms with Gasteiger partial charge in [0.2, 0.25) is 0 Å². The molecule has 0 saturated heterocycles. The molecule has 3 nitrogen and oxygen atoms in total. The fourth-order valence-corrected chi connectivity index (χ4v) is 2.07. The number of aldehydes is 1. The van der Waals surface area contributed by atoms with Crippen molar-refractivity contribution < 1.29 is 9.18 Å². The predicted octanol–water partition coefficient (Wildman–Crippen LogP) is 2.85. The van der Waals surface area contributed by atoms with E-state index in [-0.39, 0.29) is 17.3 Å². The minimum Gasteiger partial charge on any atom is -0.373 e. The molecular formula is C12H10BrFN2O. The Balaban J connectivity index is 2.23. The second kappa shape index (κ2) is 4.84. The van der Waals surface area contributed by atoms with Crippen molar-refractivity contribution in [3.05, 3.63) is 28.0 Å². The highest BCUT2D eigenvalue weighted by atomic mass is 79.9. The first-order chi connectivity index (χ1) is 8.15. The Kier molecular flexibility index (Phi) is 3.43. The van der Waals surface area contributed by atoms with Gasteiger partial charge in [-0.2, -0.15) is 5.26 Å². The number of hydrogen-bond acceptors (Lipinski definition) is 3. The molecule has 1 saturated carbocycles. The number of benzene rings is 1. The standard InChI is InChI=1S/C12H10BrFN2O/c13-9-4-11(10(14)3-8(9)5-15)16-12(6-17)7-1-2-7/h3-4,6-7,12,16H,1-2H2. The van der Waals surface area contributed by atoms with E-state index in [1.807, 2.05) is 6.07 Å². The van der Waals surface area contributed by atoms with E-state index in [2.05, 4.69) is 21.2 Å². The van der Waals surface area contributed by atoms with Crippen LogP contribution in [0.4, 0.5) is 10.1 Å². The first-order valence-electron chi connectivity index (χ1n) is 5.26. The summed E-state index contributed by atoms with van der Waals surface area (Å²) in [6.45, 7) is 0. The van der Waals surface area contributed by atoms with Crippen LogP contribution in [-0.2, 0) is 4.79 Å². The number of carbonyl (C=O) groups excluding carboxylic acids is 1. The third-order valence-corrected chi connectivity index (χ3v) is 3.43. The van der Waals surface area contributed by atoms with Gasteiger partial charge in [0.25, 0.3) is 0 Å². The van der Waals surface area contributed by atoms with E-state index >= 15 is 0 Å². The summed E-state index contributed by atoms with van der Waals surface area (Å²) >= 11 is 3.19. The molecule has 0 heterocycles. The van der Waals surface area contributed by atoms with Crippen LogP contribution in [0.5, 0.6) is 0 Å². The molecule has 1 aromatic rings. The molecule has 1 aromatic carbocycles. The molecular weight excluding hydrogens is 287 g/mol. The average Bonchev–Trinajstić information content (AvgIpc) is 3.13. The number of nitrogens with zero attached hydrogens (tertiary/aromatic N) is 1. The van der Waals surface area contributed by atoms with Gasteiger partial charge in [0, 0.05) is 4.47 Å². The lowest BCUT2D eigenvalue weighted by Crippen LogP contribution is -2.23. The van der Waals surface area contributed by atoms with Crippen molar-refractivity contribution in [3.8, 4) is 6.07 Å². The van der Waals surface area contributed by atoms with E-state index in [9.17, 15) is 9.18 Å². The van der Waals surface area contributed by atoms with Crippen molar-refractivity contribution >= 4 is 27.9 Å². The SMILES string of the molecule is N#Cc1cc(F)c(NC(C=O)C2CC2)cc1Br. The molecule has 0 aromatic heterocycles. The lowest BCUT2D eigenvalue weighted by molar-refractivity contribution is -0.108. The summed E-state index contributed by atoms with van der Waals surface area (Å²) in [4.78, 5) is 10.9. The largest absolute Gasteiger partial charge is 0.373 e. The molecule has 0 spiro atoms. The van der Waals surface area contributed by atoms with Crippen LogP contribution in [0, 0.1) is 23.1 Å². The first-order valence-corrected chi connectivity index (χ1v) is 6.06. The lowest BCUT2D eigenvalue weighted by Gasteiger charge is -2.14. The van der Waals surface area contributed by atoms with Gasteiger partial charge in [-0.25, -0.2) is 4.39 Å². The minimum atomic E-state index is -0.516. The third kappa shape index (κ3) is 2.64. The second-order valence-electron chi connectivity index (χ2n) is 4.07. The van der Waals surface area contributed by atoms with E-state index in [4.69, 9.17) is 5.26 Å². The monoisotopic (exact) mass is 296 g/mol. The maximum Gasteiger partial charge on any atom is 0.147 e. The van der Waals surface area contributed by atoms with Gasteiger partial charge in [-0.1, -0.05) is 0 Å². The minimum absolute atomic E-state index is 0.238. The van der Waals surface area contributed by atoms with Gasteiger partial charge < -0.3 is 10.1 Å². The number of carbonyl (C=O) groups is 1. The normalized spacial score (nSPS) is 16.1. The summed E-state index contributed by atoms with van der Waals surface area (Å²) < 4.78 is 14.2. The summed E-state index contributed by atoms with van der Waals surface area (Å²) in [5, 5.41) is 11.6. The van der Waals surface area contributed by atoms with E-state index in [1.54, 1.807) is 0 Å². The summed E-state index contributed by atoms with van der Waals surface area (Å²) in [5.41, 5.74) is 0.488. The molecule has 1 aliphatic rings. The molecule has 17 heavy (non-hydrogen) atoms. The summed E-state index contributed by atoms with van der Waals surface area (Å²) in [6, 6.07) is 4.19. The van der Waals surface area contributed by atoms with Crippen molar-refractivity contribution in [2.24, 2.45) is 5.92 Å². The smallest absolute Gasteiger partial charge is 0.147 e. The molecule has 1 N–H and O–H groups in total. The number of halogens is 2. The van der Waals surface area contributed by atoms with Crippen LogP contribution in [0.25, 0.3) is 0 Å². The molecule has 1 aliphatic carbocycles. The van der Waals surface area contributed by atoms with Gasteiger partial charge in [0.05, 0.1) is 17.3 Å². The van der Waals surface area contributed by atoms with Crippen LogP contribution in [0.2, 0.25) is 0 Å². The summed E-state index contributed by atoms with van der Waals surface area (Å²) in [7, 11) is 0. The van der Waals surface area contributed by atoms with Crippen molar-refractivity contribution in [3.63, 3.8) is 0 Å². The number of nitrogens with one attached hydrogen (secondary N) is 1. The van der Waals surface area contributed by atoms with Gasteiger partial charge >= 0.3 is 0 Å². The Hall–Kier alpha value is -1.41. The molecule has 0 bridgehead atoms. The number of hydrogen-bond donors (Lipinski definition) is 1. The molecule has 1 atom stereocenters. The summed E-state index contributed by atoms with van der Waals surface area (Å²) in [6.07, 6.45) is 2.80. The molecule has 0 amide bonds. The van der Waals surface area contributed by atoms with Crippen molar-refractivity contribution in [1.29, 1.82) is 5.26 Å². The van der Waals surface area contributed by atoms with Gasteiger partial charge in [-0.15, -0.1) is 0 Å². The van der Waals surface area contributed by atoms with Crippen LogP contribution < -0.4 is 5.32 Å². The van der Waals surface area contributed by atoms with Crippen LogP contribution in [0.1, 0.15) is 18.4 Å². The molecule has 88 valence electrons. The van der Waals surface area contributed by atoms with Gasteiger partial charge in [0.1, 0.15) is 18.2 Å². The van der Waals surface area contributed by atoms with E-state index in [0.717, 1.165) is 25.2 Å². The van der Waals surface area contributed by atoms with Gasteiger partial charge in [-0.05, 0) is 46.8 Å². The number of nitriles is 1. The lowest BCUT2D eigenvalue weighted by atomic mass is 10.1. The Bertz CT molecular complexity index is 494. The molecule has 1 fully saturated rings. The third-order valence-electron chi connectivity index (χ3n) is 2.78. The van der Waals surface area contributed by atoms with Crippen molar-refractivity contribution in [2.45, 2.75) is 18.9 Å². The van der Waals surface area contributed by atoms with Gasteiger partial charge in [-0.3, -0.25) is 0 Å². The Morgan fingerprint density at radius 1 is 1.59 bits per heavy atom. The van der Waals surface area contributed by atoms with Crippen molar-refractivity contribution in [1.82, 2.24) is 0 Å². The quantitative estimate of drug-likeness (QED) is 0.869. The highest BCUT2D eigenvalue weighted by molar-refractivity contribution is 9.10. The Morgan fingerprint density at radius 2 is 2.29 bits per heavy atom. The van der Waals surface area contributed by atoms with Crippen molar-refractivity contribution in [2.75, 3.05) is 5.32 Å². The van der Waals surface area contributed by atoms with Gasteiger partial charge in [0.15, 0.2) is 0 Å². The maximum atomic E-state index is 13.6. The molecule has 5 heteroatoms. The van der Waals surface area contributed by atoms with Crippen LogP contribution in [0.15, 0.2) is 16.6 Å². The topological polar surface area (TPSA) is 52.9 Å². The van der Waals surface area contributed by atoms with Crippen LogP contribution >= 0.6 is 15.9 Å². The first kappa shape index (κ1) is 12.1. The Morgan fingerprint density at radius 3 is 2.82 bits per heavy atom. The van der Waals surface area contributed by atoms with E-state index < -0.39 is 5.82 Å². The second-order valence-corrected chi connectivity index (χ2v) is 4.92. The van der Waals surface area contributed by atoms with E-state index in [0.29, 0.717) is 10.4 Å². The predicted molar refractivity (Wildman–Crippen MR) is 65.0 cm³/mol. The summed E-state index contributed by atoms with van der Waals surface area (Å²) in [5.74, 6) is -0.210. The zero-order chi connectivity index (χ0) is 12.4. The Labute approximate surface area is 107 Å². The highest BCUT2D eigenvalue weighted by Gasteiger charge is 2.31. The number of rotatable bonds is 4. The highest BCUT2D eigenvalue weighted by Crippen LogP contribution is 2.34. The van der Waals surface area contributed by atoms with Crippen LogP contribution in [0.3, 0.4) is 0 Å². The number of anilines is 1. The zero-order valence-corrected chi connectivity index (χ0v) is 10.5.